The van der Waals surface area contributed by atoms with E-state index < -0.39 is 0 Å². The monoisotopic (exact) mass is 469 g/mol. The summed E-state index contributed by atoms with van der Waals surface area (Å²) in [6, 6.07) is 13.2. The molecule has 4 rings (SSSR count). The molecule has 1 saturated heterocycles. The molecule has 6 nitrogen and oxygen atoms in total. The maximum absolute atomic E-state index is 11.4. The summed E-state index contributed by atoms with van der Waals surface area (Å²) in [7, 11) is 0. The summed E-state index contributed by atoms with van der Waals surface area (Å²) >= 11 is 12.3. The molecule has 1 fully saturated rings. The Morgan fingerprint density at radius 2 is 2.03 bits per heavy atom. The van der Waals surface area contributed by atoms with Crippen molar-refractivity contribution in [1.82, 2.24) is 10.7 Å². The van der Waals surface area contributed by atoms with Crippen molar-refractivity contribution in [3.05, 3.63) is 63.6 Å². The van der Waals surface area contributed by atoms with Crippen molar-refractivity contribution in [2.45, 2.75) is 12.5 Å². The summed E-state index contributed by atoms with van der Waals surface area (Å²) in [5.74, 6) is 0.713. The third-order valence-electron chi connectivity index (χ3n) is 4.96. The van der Waals surface area contributed by atoms with Crippen molar-refractivity contribution >= 4 is 47.2 Å². The highest BCUT2D eigenvalue weighted by Gasteiger charge is 2.27. The Labute approximate surface area is 191 Å². The number of benzene rings is 2. The molecule has 1 amide bonds. The van der Waals surface area contributed by atoms with Crippen LogP contribution in [-0.4, -0.2) is 37.9 Å². The van der Waals surface area contributed by atoms with Gasteiger partial charge in [0.05, 0.1) is 41.5 Å². The summed E-state index contributed by atoms with van der Waals surface area (Å²) in [5.41, 5.74) is 5.04. The zero-order valence-electron chi connectivity index (χ0n) is 16.1. The predicted octanol–water partition coefficient (Wildman–Crippen LogP) is 4.00. The molecule has 0 unspecified atom stereocenters. The fourth-order valence-electron chi connectivity index (χ4n) is 3.49. The van der Waals surface area contributed by atoms with Crippen LogP contribution >= 0.6 is 35.6 Å². The van der Waals surface area contributed by atoms with E-state index in [9.17, 15) is 4.79 Å². The average molecular weight is 471 g/mol. The van der Waals surface area contributed by atoms with Crippen molar-refractivity contribution in [1.29, 1.82) is 0 Å². The third-order valence-corrected chi connectivity index (χ3v) is 5.70. The molecule has 2 N–H and O–H groups in total. The van der Waals surface area contributed by atoms with E-state index in [-0.39, 0.29) is 36.8 Å². The molecule has 2 heterocycles. The average Bonchev–Trinajstić information content (AvgIpc) is 3.02. The molecule has 0 saturated carbocycles. The van der Waals surface area contributed by atoms with Gasteiger partial charge in [-0.2, -0.15) is 5.10 Å². The summed E-state index contributed by atoms with van der Waals surface area (Å²) in [4.78, 5) is 11.4. The van der Waals surface area contributed by atoms with E-state index >= 15 is 0 Å². The highest BCUT2D eigenvalue weighted by molar-refractivity contribution is 6.42. The Bertz CT molecular complexity index is 939. The zero-order valence-corrected chi connectivity index (χ0v) is 18.4. The Balaban J connectivity index is 0.00000256. The second-order valence-corrected chi connectivity index (χ2v) is 7.85. The molecule has 0 aromatic heterocycles. The Morgan fingerprint density at radius 3 is 2.80 bits per heavy atom. The number of ether oxygens (including phenoxy) is 2. The number of nitrogens with zero attached hydrogens (tertiary/aromatic N) is 1. The van der Waals surface area contributed by atoms with Crippen LogP contribution in [0, 0.1) is 5.92 Å². The Kier molecular flexibility index (Phi) is 7.97. The minimum absolute atomic E-state index is 0. The number of amides is 1. The standard InChI is InChI=1S/C21H21Cl2N3O3.ClH/c22-17-5-4-14(9-18(17)23)21-15(11-24-6-7-28-21)12-29-16-3-1-2-13(8-16)19-10-20(27)26-25-19;/h1-5,8-9,15,21,24H,6-7,10-12H2,(H,26,27);1H/t15-,21-;/m0./s1. The quantitative estimate of drug-likeness (QED) is 0.693. The van der Waals surface area contributed by atoms with E-state index in [4.69, 9.17) is 32.7 Å². The third kappa shape index (κ3) is 5.45. The lowest BCUT2D eigenvalue weighted by atomic mass is 9.96. The number of carbonyl (C=O) groups excluding carboxylic acids is 1. The number of halogens is 3. The van der Waals surface area contributed by atoms with Gasteiger partial charge in [-0.15, -0.1) is 12.4 Å². The van der Waals surface area contributed by atoms with Crippen molar-refractivity contribution in [3.63, 3.8) is 0 Å². The highest BCUT2D eigenvalue weighted by atomic mass is 35.5. The molecule has 2 aliphatic rings. The van der Waals surface area contributed by atoms with Crippen LogP contribution < -0.4 is 15.5 Å². The molecule has 0 spiro atoms. The van der Waals surface area contributed by atoms with Gasteiger partial charge in [-0.3, -0.25) is 4.79 Å². The molecule has 9 heteroatoms. The first kappa shape index (κ1) is 22.8. The zero-order chi connectivity index (χ0) is 20.2. The lowest BCUT2D eigenvalue weighted by Crippen LogP contribution is -2.29. The molecule has 2 aliphatic heterocycles. The van der Waals surface area contributed by atoms with E-state index in [0.29, 0.717) is 29.0 Å². The van der Waals surface area contributed by atoms with Gasteiger partial charge in [-0.25, -0.2) is 5.43 Å². The summed E-state index contributed by atoms with van der Waals surface area (Å²) in [6.07, 6.45) is 0.132. The lowest BCUT2D eigenvalue weighted by Gasteiger charge is -2.25. The molecule has 0 aliphatic carbocycles. The molecule has 0 bridgehead atoms. The molecule has 2 aromatic carbocycles. The smallest absolute Gasteiger partial charge is 0.246 e. The second kappa shape index (κ2) is 10.5. The normalized spacial score (nSPS) is 21.3. The van der Waals surface area contributed by atoms with Gasteiger partial charge in [0.2, 0.25) is 5.91 Å². The van der Waals surface area contributed by atoms with Crippen LogP contribution in [-0.2, 0) is 9.53 Å². The van der Waals surface area contributed by atoms with Crippen LogP contribution in [0.4, 0.5) is 0 Å². The van der Waals surface area contributed by atoms with Gasteiger partial charge >= 0.3 is 0 Å². The fraction of sp³-hybridized carbons (Fsp3) is 0.333. The first-order valence-corrected chi connectivity index (χ1v) is 10.2. The maximum Gasteiger partial charge on any atom is 0.246 e. The minimum Gasteiger partial charge on any atom is -0.493 e. The molecule has 2 atom stereocenters. The molecule has 0 radical (unpaired) electrons. The van der Waals surface area contributed by atoms with Gasteiger partial charge in [0, 0.05) is 24.6 Å². The van der Waals surface area contributed by atoms with Gasteiger partial charge in [-0.05, 0) is 29.8 Å². The second-order valence-electron chi connectivity index (χ2n) is 7.04. The van der Waals surface area contributed by atoms with Crippen molar-refractivity contribution < 1.29 is 14.3 Å². The Morgan fingerprint density at radius 1 is 1.17 bits per heavy atom. The number of hydrogen-bond acceptors (Lipinski definition) is 5. The highest BCUT2D eigenvalue weighted by Crippen LogP contribution is 2.32. The van der Waals surface area contributed by atoms with Crippen LogP contribution in [0.15, 0.2) is 47.6 Å². The van der Waals surface area contributed by atoms with Crippen LogP contribution in [0.25, 0.3) is 0 Å². The molecular formula is C21H22Cl3N3O3. The van der Waals surface area contributed by atoms with E-state index in [1.807, 2.05) is 36.4 Å². The molecule has 30 heavy (non-hydrogen) atoms. The topological polar surface area (TPSA) is 72.0 Å². The molecular weight excluding hydrogens is 449 g/mol. The number of rotatable bonds is 5. The number of hydrazone groups is 1. The molecule has 160 valence electrons. The van der Waals surface area contributed by atoms with Crippen LogP contribution in [0.3, 0.4) is 0 Å². The fourth-order valence-corrected chi connectivity index (χ4v) is 3.80. The molecule has 2 aromatic rings. The van der Waals surface area contributed by atoms with Crippen LogP contribution in [0.1, 0.15) is 23.7 Å². The Hall–Kier alpha value is -1.83. The summed E-state index contributed by atoms with van der Waals surface area (Å²) < 4.78 is 12.2. The summed E-state index contributed by atoms with van der Waals surface area (Å²) in [6.45, 7) is 2.61. The first-order valence-electron chi connectivity index (χ1n) is 9.46. The van der Waals surface area contributed by atoms with E-state index in [2.05, 4.69) is 15.8 Å². The number of nitrogens with one attached hydrogen (secondary N) is 2. The number of hydrogen-bond donors (Lipinski definition) is 2. The van der Waals surface area contributed by atoms with Crippen molar-refractivity contribution in [2.75, 3.05) is 26.3 Å². The lowest BCUT2D eigenvalue weighted by molar-refractivity contribution is -0.119. The van der Waals surface area contributed by atoms with Crippen LogP contribution in [0.5, 0.6) is 5.75 Å². The first-order chi connectivity index (χ1) is 14.1. The van der Waals surface area contributed by atoms with Gasteiger partial charge < -0.3 is 14.8 Å². The van der Waals surface area contributed by atoms with Gasteiger partial charge in [0.25, 0.3) is 0 Å². The van der Waals surface area contributed by atoms with Crippen LogP contribution in [0.2, 0.25) is 10.0 Å². The predicted molar refractivity (Wildman–Crippen MR) is 120 cm³/mol. The SMILES string of the molecule is Cl.O=C1CC(c2cccc(OC[C@@H]3CNCCO[C@H]3c3ccc(Cl)c(Cl)c3)c2)=NN1. The van der Waals surface area contributed by atoms with Gasteiger partial charge in [0.15, 0.2) is 0 Å². The van der Waals surface area contributed by atoms with E-state index in [1.54, 1.807) is 6.07 Å². The van der Waals surface area contributed by atoms with Gasteiger partial charge in [-0.1, -0.05) is 41.4 Å². The van der Waals surface area contributed by atoms with Gasteiger partial charge in [0.1, 0.15) is 5.75 Å². The van der Waals surface area contributed by atoms with E-state index in [1.165, 1.54) is 0 Å². The summed E-state index contributed by atoms with van der Waals surface area (Å²) in [5, 5.41) is 8.49. The van der Waals surface area contributed by atoms with Crippen molar-refractivity contribution in [3.8, 4) is 5.75 Å². The maximum atomic E-state index is 11.4. The largest absolute Gasteiger partial charge is 0.493 e. The minimum atomic E-state index is -0.149. The number of carbonyl (C=O) groups is 1. The van der Waals surface area contributed by atoms with E-state index in [0.717, 1.165) is 30.0 Å². The van der Waals surface area contributed by atoms with Crippen molar-refractivity contribution in [2.24, 2.45) is 11.0 Å².